The number of piperazine rings is 1. The number of rotatable bonds is 4. The second kappa shape index (κ2) is 7.90. The van der Waals surface area contributed by atoms with Crippen LogP contribution in [0.1, 0.15) is 28.6 Å². The first-order valence-electron chi connectivity index (χ1n) is 9.52. The van der Waals surface area contributed by atoms with E-state index in [9.17, 15) is 4.79 Å². The molecular formula is C21H24N6O. The Balaban J connectivity index is 1.54. The summed E-state index contributed by atoms with van der Waals surface area (Å²) >= 11 is 0. The van der Waals surface area contributed by atoms with Gasteiger partial charge in [-0.25, -0.2) is 4.68 Å². The van der Waals surface area contributed by atoms with Gasteiger partial charge in [0.2, 0.25) is 5.91 Å². The van der Waals surface area contributed by atoms with Crippen LogP contribution in [0.3, 0.4) is 0 Å². The number of hydrogen-bond acceptors (Lipinski definition) is 5. The Morgan fingerprint density at radius 3 is 2.79 bits per heavy atom. The van der Waals surface area contributed by atoms with Crippen molar-refractivity contribution in [2.45, 2.75) is 26.3 Å². The zero-order valence-corrected chi connectivity index (χ0v) is 16.2. The van der Waals surface area contributed by atoms with Crippen LogP contribution < -0.4 is 5.32 Å². The van der Waals surface area contributed by atoms with Crippen molar-refractivity contribution in [3.63, 3.8) is 0 Å². The topological polar surface area (TPSA) is 75.9 Å². The number of aryl methyl sites for hydroxylation is 1. The van der Waals surface area contributed by atoms with Crippen molar-refractivity contribution in [1.82, 2.24) is 30.2 Å². The minimum atomic E-state index is -0.0117. The molecule has 1 aliphatic rings. The molecule has 1 aromatic carbocycles. The first-order valence-corrected chi connectivity index (χ1v) is 9.52. The van der Waals surface area contributed by atoms with Gasteiger partial charge in [0.15, 0.2) is 0 Å². The highest BCUT2D eigenvalue weighted by molar-refractivity contribution is 5.79. The maximum atomic E-state index is 13.1. The number of pyridine rings is 1. The smallest absolute Gasteiger partial charge is 0.229 e. The second-order valence-corrected chi connectivity index (χ2v) is 7.14. The van der Waals surface area contributed by atoms with Crippen molar-refractivity contribution in [1.29, 1.82) is 0 Å². The fourth-order valence-corrected chi connectivity index (χ4v) is 3.57. The van der Waals surface area contributed by atoms with Gasteiger partial charge in [-0.2, -0.15) is 0 Å². The molecule has 1 saturated heterocycles. The van der Waals surface area contributed by atoms with Gasteiger partial charge < -0.3 is 10.2 Å². The standard InChI is InChI=1S/C21H24N6O/c1-15-5-7-18(8-6-15)27-16(2)19(24-25-27)12-21(28)26-11-10-23-14-20(26)17-4-3-9-22-13-17/h3-9,13,20,23H,10-12,14H2,1-2H3. The molecule has 1 amide bonds. The zero-order valence-electron chi connectivity index (χ0n) is 16.2. The molecule has 1 fully saturated rings. The quantitative estimate of drug-likeness (QED) is 0.754. The van der Waals surface area contributed by atoms with E-state index in [1.807, 2.05) is 61.3 Å². The van der Waals surface area contributed by atoms with Crippen LogP contribution in [0.4, 0.5) is 0 Å². The van der Waals surface area contributed by atoms with Gasteiger partial charge in [-0.05, 0) is 37.6 Å². The lowest BCUT2D eigenvalue weighted by Crippen LogP contribution is -2.49. The fraction of sp³-hybridized carbons (Fsp3) is 0.333. The van der Waals surface area contributed by atoms with Gasteiger partial charge in [-0.15, -0.1) is 5.10 Å². The van der Waals surface area contributed by atoms with Crippen LogP contribution in [0.15, 0.2) is 48.8 Å². The van der Waals surface area contributed by atoms with E-state index in [4.69, 9.17) is 0 Å². The first kappa shape index (κ1) is 18.3. The van der Waals surface area contributed by atoms with Gasteiger partial charge in [-0.1, -0.05) is 29.0 Å². The van der Waals surface area contributed by atoms with Gasteiger partial charge in [-0.3, -0.25) is 9.78 Å². The Kier molecular flexibility index (Phi) is 5.16. The van der Waals surface area contributed by atoms with Crippen LogP contribution in [0.5, 0.6) is 0 Å². The van der Waals surface area contributed by atoms with Crippen molar-refractivity contribution < 1.29 is 4.79 Å². The second-order valence-electron chi connectivity index (χ2n) is 7.14. The molecule has 3 aromatic rings. The summed E-state index contributed by atoms with van der Waals surface area (Å²) in [5, 5.41) is 11.9. The summed E-state index contributed by atoms with van der Waals surface area (Å²) in [5.41, 5.74) is 4.80. The highest BCUT2D eigenvalue weighted by atomic mass is 16.2. The summed E-state index contributed by atoms with van der Waals surface area (Å²) < 4.78 is 1.79. The summed E-state index contributed by atoms with van der Waals surface area (Å²) in [5.74, 6) is 0.0643. The summed E-state index contributed by atoms with van der Waals surface area (Å²) in [7, 11) is 0. The number of carbonyl (C=O) groups excluding carboxylic acids is 1. The number of hydrogen-bond donors (Lipinski definition) is 1. The van der Waals surface area contributed by atoms with E-state index in [2.05, 4.69) is 20.6 Å². The third-order valence-corrected chi connectivity index (χ3v) is 5.22. The van der Waals surface area contributed by atoms with Crippen LogP contribution in [0.2, 0.25) is 0 Å². The van der Waals surface area contributed by atoms with Crippen molar-refractivity contribution in [3.8, 4) is 5.69 Å². The van der Waals surface area contributed by atoms with Gasteiger partial charge in [0.1, 0.15) is 0 Å². The minimum Gasteiger partial charge on any atom is -0.333 e. The summed E-state index contributed by atoms with van der Waals surface area (Å²) in [6, 6.07) is 12.0. The van der Waals surface area contributed by atoms with Gasteiger partial charge in [0.05, 0.1) is 29.5 Å². The molecule has 1 N–H and O–H groups in total. The molecule has 1 aliphatic heterocycles. The predicted molar refractivity (Wildman–Crippen MR) is 106 cm³/mol. The Bertz CT molecular complexity index is 951. The van der Waals surface area contributed by atoms with Crippen LogP contribution in [0, 0.1) is 13.8 Å². The molecule has 2 aromatic heterocycles. The SMILES string of the molecule is Cc1ccc(-n2nnc(CC(=O)N3CCNCC3c3cccnc3)c2C)cc1. The third kappa shape index (κ3) is 3.66. The molecule has 0 spiro atoms. The summed E-state index contributed by atoms with van der Waals surface area (Å²) in [4.78, 5) is 19.2. The van der Waals surface area contributed by atoms with E-state index >= 15 is 0 Å². The van der Waals surface area contributed by atoms with Gasteiger partial charge in [0.25, 0.3) is 0 Å². The number of benzene rings is 1. The lowest BCUT2D eigenvalue weighted by atomic mass is 10.0. The van der Waals surface area contributed by atoms with Gasteiger partial charge in [0, 0.05) is 32.0 Å². The molecule has 0 aliphatic carbocycles. The van der Waals surface area contributed by atoms with Crippen molar-refractivity contribution in [3.05, 3.63) is 71.3 Å². The van der Waals surface area contributed by atoms with E-state index in [-0.39, 0.29) is 18.4 Å². The number of carbonyl (C=O) groups is 1. The van der Waals surface area contributed by atoms with E-state index in [1.54, 1.807) is 10.9 Å². The summed E-state index contributed by atoms with van der Waals surface area (Å²) in [6.45, 7) is 6.20. The van der Waals surface area contributed by atoms with Crippen molar-refractivity contribution in [2.24, 2.45) is 0 Å². The average Bonchev–Trinajstić information content (AvgIpc) is 3.09. The van der Waals surface area contributed by atoms with Crippen LogP contribution in [0.25, 0.3) is 5.69 Å². The third-order valence-electron chi connectivity index (χ3n) is 5.22. The van der Waals surface area contributed by atoms with Crippen molar-refractivity contribution >= 4 is 5.91 Å². The van der Waals surface area contributed by atoms with E-state index < -0.39 is 0 Å². The zero-order chi connectivity index (χ0) is 19.5. The van der Waals surface area contributed by atoms with Gasteiger partial charge >= 0.3 is 0 Å². The molecule has 28 heavy (non-hydrogen) atoms. The monoisotopic (exact) mass is 376 g/mol. The fourth-order valence-electron chi connectivity index (χ4n) is 3.57. The first-order chi connectivity index (χ1) is 13.6. The Morgan fingerprint density at radius 1 is 1.21 bits per heavy atom. The Morgan fingerprint density at radius 2 is 2.04 bits per heavy atom. The Hall–Kier alpha value is -3.06. The number of aromatic nitrogens is 4. The number of nitrogens with one attached hydrogen (secondary N) is 1. The maximum Gasteiger partial charge on any atom is 0.229 e. The molecule has 7 nitrogen and oxygen atoms in total. The highest BCUT2D eigenvalue weighted by Crippen LogP contribution is 2.23. The molecule has 3 heterocycles. The van der Waals surface area contributed by atoms with Crippen molar-refractivity contribution in [2.75, 3.05) is 19.6 Å². The normalized spacial score (nSPS) is 16.9. The molecule has 0 radical (unpaired) electrons. The van der Waals surface area contributed by atoms with E-state index in [0.717, 1.165) is 30.0 Å². The summed E-state index contributed by atoms with van der Waals surface area (Å²) in [6.07, 6.45) is 3.82. The van der Waals surface area contributed by atoms with Crippen LogP contribution >= 0.6 is 0 Å². The lowest BCUT2D eigenvalue weighted by Gasteiger charge is -2.36. The molecule has 7 heteroatoms. The van der Waals surface area contributed by atoms with E-state index in [1.165, 1.54) is 5.56 Å². The molecule has 144 valence electrons. The molecule has 0 bridgehead atoms. The average molecular weight is 376 g/mol. The largest absolute Gasteiger partial charge is 0.333 e. The van der Waals surface area contributed by atoms with Crippen LogP contribution in [-0.2, 0) is 11.2 Å². The lowest BCUT2D eigenvalue weighted by molar-refractivity contribution is -0.133. The number of amides is 1. The maximum absolute atomic E-state index is 13.1. The van der Waals surface area contributed by atoms with Crippen LogP contribution in [-0.4, -0.2) is 50.4 Å². The molecule has 1 unspecified atom stereocenters. The Labute approximate surface area is 164 Å². The molecular weight excluding hydrogens is 352 g/mol. The molecule has 1 atom stereocenters. The highest BCUT2D eigenvalue weighted by Gasteiger charge is 2.29. The molecule has 4 rings (SSSR count). The predicted octanol–water partition coefficient (Wildman–Crippen LogP) is 1.99. The van der Waals surface area contributed by atoms with E-state index in [0.29, 0.717) is 12.2 Å². The number of nitrogens with zero attached hydrogens (tertiary/aromatic N) is 5. The molecule has 0 saturated carbocycles. The minimum absolute atomic E-state index is 0.0117.